The number of rotatable bonds is 0. The summed E-state index contributed by atoms with van der Waals surface area (Å²) in [4.78, 5) is 21.3. The van der Waals surface area contributed by atoms with Crippen LogP contribution in [0.5, 0.6) is 0 Å². The first-order valence-corrected chi connectivity index (χ1v) is 3.63. The Morgan fingerprint density at radius 2 is 1.90 bits per heavy atom. The van der Waals surface area contributed by atoms with Crippen LogP contribution in [0.25, 0.3) is 0 Å². The molecule has 0 amide bonds. The zero-order valence-corrected chi connectivity index (χ0v) is 7.08. The van der Waals surface area contributed by atoms with Crippen LogP contribution in [0.15, 0.2) is 21.4 Å². The van der Waals surface area contributed by atoms with E-state index in [0.29, 0.717) is 3.58 Å². The minimum Gasteiger partial charge on any atom is -0.395 e. The normalized spacial score (nSPS) is 18.5. The van der Waals surface area contributed by atoms with E-state index >= 15 is 0 Å². The molecule has 0 heterocycles. The van der Waals surface area contributed by atoms with Crippen LogP contribution in [-0.4, -0.2) is 11.6 Å². The molecule has 0 aromatic heterocycles. The Kier molecular flexibility index (Phi) is 1.89. The van der Waals surface area contributed by atoms with E-state index in [4.69, 9.17) is 5.73 Å². The molecular formula is C6H4INO2. The smallest absolute Gasteiger partial charge is 0.249 e. The van der Waals surface area contributed by atoms with Gasteiger partial charge in [0.05, 0.1) is 5.70 Å². The Bertz CT molecular complexity index is 265. The van der Waals surface area contributed by atoms with Crippen molar-refractivity contribution in [2.45, 2.75) is 0 Å². The fourth-order valence-corrected chi connectivity index (χ4v) is 0.980. The van der Waals surface area contributed by atoms with E-state index in [9.17, 15) is 9.59 Å². The third-order valence-electron chi connectivity index (χ3n) is 1.11. The fraction of sp³-hybridized carbons (Fsp3) is 0. The molecule has 0 fully saturated rings. The van der Waals surface area contributed by atoms with Gasteiger partial charge in [0.25, 0.3) is 0 Å². The van der Waals surface area contributed by atoms with Crippen LogP contribution in [0.3, 0.4) is 0 Å². The van der Waals surface area contributed by atoms with Gasteiger partial charge in [-0.25, -0.2) is 0 Å². The molecule has 0 aliphatic heterocycles. The van der Waals surface area contributed by atoms with Crippen LogP contribution in [-0.2, 0) is 9.59 Å². The maximum Gasteiger partial charge on any atom is 0.249 e. The number of carbonyl (C=O) groups is 2. The summed E-state index contributed by atoms with van der Waals surface area (Å²) in [6, 6.07) is 0. The van der Waals surface area contributed by atoms with Gasteiger partial charge < -0.3 is 5.73 Å². The second-order valence-electron chi connectivity index (χ2n) is 1.79. The Labute approximate surface area is 71.1 Å². The predicted octanol–water partition coefficient (Wildman–Crippen LogP) is 0.300. The lowest BCUT2D eigenvalue weighted by Gasteiger charge is -2.02. The highest BCUT2D eigenvalue weighted by molar-refractivity contribution is 14.1. The summed E-state index contributed by atoms with van der Waals surface area (Å²) in [6.45, 7) is 0. The van der Waals surface area contributed by atoms with Crippen molar-refractivity contribution in [3.8, 4) is 0 Å². The van der Waals surface area contributed by atoms with Crippen molar-refractivity contribution in [1.29, 1.82) is 0 Å². The Balaban J connectivity index is 3.11. The number of allylic oxidation sites excluding steroid dienone is 4. The maximum atomic E-state index is 10.7. The molecule has 1 aliphatic carbocycles. The summed E-state index contributed by atoms with van der Waals surface area (Å²) < 4.78 is 0.627. The first-order chi connectivity index (χ1) is 4.63. The summed E-state index contributed by atoms with van der Waals surface area (Å²) in [7, 11) is 0. The zero-order chi connectivity index (χ0) is 7.72. The topological polar surface area (TPSA) is 60.2 Å². The average Bonchev–Trinajstić information content (AvgIpc) is 1.93. The summed E-state index contributed by atoms with van der Waals surface area (Å²) in [5.74, 6) is -1.15. The summed E-state index contributed by atoms with van der Waals surface area (Å²) in [5.41, 5.74) is 5.31. The van der Waals surface area contributed by atoms with Crippen molar-refractivity contribution in [1.82, 2.24) is 0 Å². The molecule has 0 atom stereocenters. The molecule has 0 unspecified atom stereocenters. The van der Waals surface area contributed by atoms with Crippen LogP contribution in [0, 0.1) is 0 Å². The van der Waals surface area contributed by atoms with Gasteiger partial charge in [-0.3, -0.25) is 9.59 Å². The standard InChI is InChI=1S/C6H4INO2/c7-3-1-2-4(9)6(10)5(3)8/h1-2H,8H2. The molecule has 0 spiro atoms. The van der Waals surface area contributed by atoms with Crippen LogP contribution in [0.1, 0.15) is 0 Å². The molecule has 1 rings (SSSR count). The lowest BCUT2D eigenvalue weighted by molar-refractivity contribution is -0.131. The highest BCUT2D eigenvalue weighted by atomic mass is 127. The van der Waals surface area contributed by atoms with E-state index in [2.05, 4.69) is 0 Å². The monoisotopic (exact) mass is 249 g/mol. The minimum absolute atomic E-state index is 0.0492. The van der Waals surface area contributed by atoms with Gasteiger partial charge in [-0.1, -0.05) is 0 Å². The molecule has 2 N–H and O–H groups in total. The average molecular weight is 249 g/mol. The van der Waals surface area contributed by atoms with E-state index in [1.165, 1.54) is 12.2 Å². The summed E-state index contributed by atoms with van der Waals surface area (Å²) in [5, 5.41) is 0. The minimum atomic E-state index is -0.605. The van der Waals surface area contributed by atoms with Crippen molar-refractivity contribution < 1.29 is 9.59 Å². The van der Waals surface area contributed by atoms with Crippen LogP contribution in [0.4, 0.5) is 0 Å². The maximum absolute atomic E-state index is 10.7. The first kappa shape index (κ1) is 7.46. The number of hydrogen-bond acceptors (Lipinski definition) is 3. The number of nitrogens with two attached hydrogens (primary N) is 1. The SMILES string of the molecule is NC1=C(I)C=CC(=O)C1=O. The molecular weight excluding hydrogens is 245 g/mol. The fourth-order valence-electron chi connectivity index (χ4n) is 0.556. The van der Waals surface area contributed by atoms with E-state index < -0.39 is 11.6 Å². The number of hydrogen-bond donors (Lipinski definition) is 1. The molecule has 0 aromatic carbocycles. The van der Waals surface area contributed by atoms with Gasteiger partial charge >= 0.3 is 0 Å². The van der Waals surface area contributed by atoms with Gasteiger partial charge in [0.15, 0.2) is 0 Å². The lowest BCUT2D eigenvalue weighted by Crippen LogP contribution is -2.22. The Morgan fingerprint density at radius 1 is 1.30 bits per heavy atom. The molecule has 0 saturated carbocycles. The largest absolute Gasteiger partial charge is 0.395 e. The van der Waals surface area contributed by atoms with Crippen molar-refractivity contribution in [2.24, 2.45) is 5.73 Å². The van der Waals surface area contributed by atoms with Gasteiger partial charge in [0, 0.05) is 3.58 Å². The number of halogens is 1. The molecule has 52 valence electrons. The van der Waals surface area contributed by atoms with Gasteiger partial charge in [0.1, 0.15) is 0 Å². The third-order valence-corrected chi connectivity index (χ3v) is 2.05. The molecule has 0 bridgehead atoms. The van der Waals surface area contributed by atoms with E-state index in [1.54, 1.807) is 0 Å². The van der Waals surface area contributed by atoms with Gasteiger partial charge in [-0.15, -0.1) is 0 Å². The quantitative estimate of drug-likeness (QED) is 0.381. The van der Waals surface area contributed by atoms with Crippen molar-refractivity contribution in [3.05, 3.63) is 21.4 Å². The molecule has 0 saturated heterocycles. The third kappa shape index (κ3) is 1.11. The van der Waals surface area contributed by atoms with Crippen LogP contribution >= 0.6 is 22.6 Å². The molecule has 0 aromatic rings. The predicted molar refractivity (Wildman–Crippen MR) is 44.4 cm³/mol. The highest BCUT2D eigenvalue weighted by Gasteiger charge is 2.19. The molecule has 3 nitrogen and oxygen atoms in total. The second kappa shape index (κ2) is 2.53. The Hall–Kier alpha value is -0.650. The van der Waals surface area contributed by atoms with Gasteiger partial charge in [0.2, 0.25) is 11.6 Å². The Morgan fingerprint density at radius 3 is 2.40 bits per heavy atom. The molecule has 10 heavy (non-hydrogen) atoms. The van der Waals surface area contributed by atoms with Gasteiger partial charge in [-0.2, -0.15) is 0 Å². The van der Waals surface area contributed by atoms with Crippen LogP contribution < -0.4 is 5.73 Å². The van der Waals surface area contributed by atoms with Gasteiger partial charge in [-0.05, 0) is 34.7 Å². The van der Waals surface area contributed by atoms with Crippen LogP contribution in [0.2, 0.25) is 0 Å². The van der Waals surface area contributed by atoms with Crippen molar-refractivity contribution >= 4 is 34.2 Å². The molecule has 0 radical (unpaired) electrons. The highest BCUT2D eigenvalue weighted by Crippen LogP contribution is 2.15. The lowest BCUT2D eigenvalue weighted by atomic mass is 10.1. The zero-order valence-electron chi connectivity index (χ0n) is 4.93. The number of Topliss-reactive ketones (excluding diaryl/α,β-unsaturated/α-hetero) is 1. The van der Waals surface area contributed by atoms with E-state index in [-0.39, 0.29) is 5.70 Å². The molecule has 1 aliphatic rings. The van der Waals surface area contributed by atoms with Crippen molar-refractivity contribution in [2.75, 3.05) is 0 Å². The first-order valence-electron chi connectivity index (χ1n) is 2.55. The second-order valence-corrected chi connectivity index (χ2v) is 2.95. The molecule has 4 heteroatoms. The summed E-state index contributed by atoms with van der Waals surface area (Å²) in [6.07, 6.45) is 2.75. The summed E-state index contributed by atoms with van der Waals surface area (Å²) >= 11 is 1.90. The van der Waals surface area contributed by atoms with E-state index in [0.717, 1.165) is 0 Å². The number of carbonyl (C=O) groups excluding carboxylic acids is 2. The van der Waals surface area contributed by atoms with Crippen molar-refractivity contribution in [3.63, 3.8) is 0 Å². The number of ketones is 2. The van der Waals surface area contributed by atoms with E-state index in [1.807, 2.05) is 22.6 Å².